The Morgan fingerprint density at radius 2 is 1.78 bits per heavy atom. The van der Waals surface area contributed by atoms with Gasteiger partial charge in [0.05, 0.1) is 6.04 Å². The SMILES string of the molecule is CC(C)(C)C(c1cc(F)ccc1F)N1Cc2ccccc2C1=O. The van der Waals surface area contributed by atoms with Gasteiger partial charge in [-0.3, -0.25) is 4.79 Å². The lowest BCUT2D eigenvalue weighted by Crippen LogP contribution is -2.37. The van der Waals surface area contributed by atoms with E-state index in [-0.39, 0.29) is 11.5 Å². The summed E-state index contributed by atoms with van der Waals surface area (Å²) in [5, 5.41) is 0. The van der Waals surface area contributed by atoms with E-state index in [4.69, 9.17) is 0 Å². The predicted molar refractivity (Wildman–Crippen MR) is 84.9 cm³/mol. The van der Waals surface area contributed by atoms with Crippen molar-refractivity contribution in [2.24, 2.45) is 5.41 Å². The molecule has 0 saturated carbocycles. The second-order valence-corrected chi connectivity index (χ2v) is 7.02. The molecular formula is C19H19F2NO. The first kappa shape index (κ1) is 15.7. The number of benzene rings is 2. The van der Waals surface area contributed by atoms with Crippen LogP contribution in [0.3, 0.4) is 0 Å². The number of nitrogens with zero attached hydrogens (tertiary/aromatic N) is 1. The molecule has 2 nitrogen and oxygen atoms in total. The summed E-state index contributed by atoms with van der Waals surface area (Å²) in [6.45, 7) is 6.20. The molecule has 0 fully saturated rings. The first-order valence-corrected chi connectivity index (χ1v) is 7.63. The second-order valence-electron chi connectivity index (χ2n) is 7.02. The van der Waals surface area contributed by atoms with Crippen molar-refractivity contribution in [2.75, 3.05) is 0 Å². The molecule has 0 N–H and O–H groups in total. The van der Waals surface area contributed by atoms with Crippen molar-refractivity contribution in [1.29, 1.82) is 0 Å². The third-order valence-corrected chi connectivity index (χ3v) is 4.23. The van der Waals surface area contributed by atoms with Gasteiger partial charge in [-0.1, -0.05) is 39.0 Å². The maximum atomic E-state index is 14.4. The van der Waals surface area contributed by atoms with E-state index in [1.54, 1.807) is 11.0 Å². The summed E-state index contributed by atoms with van der Waals surface area (Å²) in [5.74, 6) is -1.13. The third kappa shape index (κ3) is 2.74. The van der Waals surface area contributed by atoms with E-state index in [0.717, 1.165) is 17.7 Å². The maximum absolute atomic E-state index is 14.4. The predicted octanol–water partition coefficient (Wildman–Crippen LogP) is 4.71. The number of hydrogen-bond donors (Lipinski definition) is 0. The van der Waals surface area contributed by atoms with Crippen molar-refractivity contribution in [1.82, 2.24) is 4.90 Å². The summed E-state index contributed by atoms with van der Waals surface area (Å²) in [6.07, 6.45) is 0. The first-order chi connectivity index (χ1) is 10.8. The van der Waals surface area contributed by atoms with E-state index in [0.29, 0.717) is 12.1 Å². The Hall–Kier alpha value is -2.23. The quantitative estimate of drug-likeness (QED) is 0.786. The zero-order valence-electron chi connectivity index (χ0n) is 13.4. The van der Waals surface area contributed by atoms with Crippen LogP contribution >= 0.6 is 0 Å². The second kappa shape index (κ2) is 5.44. The standard InChI is InChI=1S/C19H19F2NO/c1-19(2,3)17(15-10-13(20)8-9-16(15)21)22-11-12-6-4-5-7-14(12)18(22)23/h4-10,17H,11H2,1-3H3. The number of hydrogen-bond acceptors (Lipinski definition) is 1. The Bertz CT molecular complexity index is 764. The molecule has 120 valence electrons. The Balaban J connectivity index is 2.09. The molecule has 4 heteroatoms. The van der Waals surface area contributed by atoms with Crippen LogP contribution in [0, 0.1) is 17.0 Å². The lowest BCUT2D eigenvalue weighted by Gasteiger charge is -2.38. The van der Waals surface area contributed by atoms with Gasteiger partial charge in [-0.25, -0.2) is 8.78 Å². The molecule has 2 aromatic carbocycles. The van der Waals surface area contributed by atoms with Crippen molar-refractivity contribution in [2.45, 2.75) is 33.4 Å². The zero-order valence-corrected chi connectivity index (χ0v) is 13.4. The Labute approximate surface area is 134 Å². The number of carbonyl (C=O) groups excluding carboxylic acids is 1. The molecule has 0 radical (unpaired) electrons. The highest BCUT2D eigenvalue weighted by molar-refractivity contribution is 5.98. The minimum absolute atomic E-state index is 0.135. The van der Waals surface area contributed by atoms with E-state index in [2.05, 4.69) is 0 Å². The van der Waals surface area contributed by atoms with Crippen molar-refractivity contribution in [3.63, 3.8) is 0 Å². The van der Waals surface area contributed by atoms with Crippen LogP contribution in [0.1, 0.15) is 48.3 Å². The molecule has 1 amide bonds. The van der Waals surface area contributed by atoms with Gasteiger partial charge < -0.3 is 4.90 Å². The molecule has 2 aromatic rings. The fourth-order valence-electron chi connectivity index (χ4n) is 3.31. The van der Waals surface area contributed by atoms with Gasteiger partial charge in [0.2, 0.25) is 0 Å². The summed E-state index contributed by atoms with van der Waals surface area (Å²) in [4.78, 5) is 14.4. The van der Waals surface area contributed by atoms with Crippen LogP contribution in [0.4, 0.5) is 8.78 Å². The van der Waals surface area contributed by atoms with Gasteiger partial charge >= 0.3 is 0 Å². The van der Waals surface area contributed by atoms with E-state index >= 15 is 0 Å². The average Bonchev–Trinajstić information content (AvgIpc) is 2.79. The van der Waals surface area contributed by atoms with E-state index in [1.807, 2.05) is 39.0 Å². The van der Waals surface area contributed by atoms with Crippen LogP contribution in [0.5, 0.6) is 0 Å². The molecular weight excluding hydrogens is 296 g/mol. The van der Waals surface area contributed by atoms with Crippen LogP contribution in [0.2, 0.25) is 0 Å². The molecule has 0 saturated heterocycles. The van der Waals surface area contributed by atoms with Crippen LogP contribution < -0.4 is 0 Å². The van der Waals surface area contributed by atoms with Crippen molar-refractivity contribution in [3.8, 4) is 0 Å². The van der Waals surface area contributed by atoms with Gasteiger partial charge in [0.1, 0.15) is 11.6 Å². The molecule has 1 aliphatic rings. The fourth-order valence-corrected chi connectivity index (χ4v) is 3.31. The smallest absolute Gasteiger partial charge is 0.255 e. The molecule has 0 aliphatic carbocycles. The van der Waals surface area contributed by atoms with Crippen molar-refractivity contribution >= 4 is 5.91 Å². The van der Waals surface area contributed by atoms with Gasteiger partial charge in [0.25, 0.3) is 5.91 Å². The van der Waals surface area contributed by atoms with Crippen LogP contribution in [-0.2, 0) is 6.54 Å². The van der Waals surface area contributed by atoms with E-state index in [1.165, 1.54) is 6.07 Å². The molecule has 1 atom stereocenters. The maximum Gasteiger partial charge on any atom is 0.255 e. The summed E-state index contributed by atoms with van der Waals surface area (Å²) in [5.41, 5.74) is 1.34. The van der Waals surface area contributed by atoms with Gasteiger partial charge in [-0.2, -0.15) is 0 Å². The average molecular weight is 315 g/mol. The van der Waals surface area contributed by atoms with Gasteiger partial charge in [-0.15, -0.1) is 0 Å². The highest BCUT2D eigenvalue weighted by Gasteiger charge is 2.40. The number of amides is 1. The van der Waals surface area contributed by atoms with Gasteiger partial charge in [0, 0.05) is 17.7 Å². The first-order valence-electron chi connectivity index (χ1n) is 7.63. The molecule has 1 unspecified atom stereocenters. The lowest BCUT2D eigenvalue weighted by atomic mass is 9.81. The summed E-state index contributed by atoms with van der Waals surface area (Å²) in [7, 11) is 0. The summed E-state index contributed by atoms with van der Waals surface area (Å²) in [6, 6.07) is 10.2. The molecule has 3 rings (SSSR count). The number of fused-ring (bicyclic) bond motifs is 1. The zero-order chi connectivity index (χ0) is 16.8. The number of carbonyl (C=O) groups is 1. The number of halogens is 2. The third-order valence-electron chi connectivity index (χ3n) is 4.23. The number of rotatable bonds is 2. The largest absolute Gasteiger partial charge is 0.327 e. The molecule has 1 heterocycles. The van der Waals surface area contributed by atoms with E-state index in [9.17, 15) is 13.6 Å². The van der Waals surface area contributed by atoms with Gasteiger partial charge in [-0.05, 0) is 35.2 Å². The minimum atomic E-state index is -0.543. The van der Waals surface area contributed by atoms with Crippen LogP contribution in [-0.4, -0.2) is 10.8 Å². The van der Waals surface area contributed by atoms with E-state index < -0.39 is 23.1 Å². The Kier molecular flexibility index (Phi) is 3.71. The Morgan fingerprint density at radius 3 is 2.43 bits per heavy atom. The highest BCUT2D eigenvalue weighted by Crippen LogP contribution is 2.43. The molecule has 0 bridgehead atoms. The molecule has 23 heavy (non-hydrogen) atoms. The molecule has 1 aliphatic heterocycles. The summed E-state index contributed by atoms with van der Waals surface area (Å²) >= 11 is 0. The molecule has 0 aromatic heterocycles. The normalized spacial score (nSPS) is 15.7. The molecule has 0 spiro atoms. The van der Waals surface area contributed by atoms with Gasteiger partial charge in [0.15, 0.2) is 0 Å². The monoisotopic (exact) mass is 315 g/mol. The van der Waals surface area contributed by atoms with Crippen LogP contribution in [0.25, 0.3) is 0 Å². The highest BCUT2D eigenvalue weighted by atomic mass is 19.1. The summed E-state index contributed by atoms with van der Waals surface area (Å²) < 4.78 is 28.0. The Morgan fingerprint density at radius 1 is 1.09 bits per heavy atom. The topological polar surface area (TPSA) is 20.3 Å². The van der Waals surface area contributed by atoms with Crippen molar-refractivity contribution < 1.29 is 13.6 Å². The minimum Gasteiger partial charge on any atom is -0.327 e. The fraction of sp³-hybridized carbons (Fsp3) is 0.316. The van der Waals surface area contributed by atoms with Crippen LogP contribution in [0.15, 0.2) is 42.5 Å². The van der Waals surface area contributed by atoms with Crippen molar-refractivity contribution in [3.05, 3.63) is 70.8 Å². The lowest BCUT2D eigenvalue weighted by molar-refractivity contribution is 0.0529.